The molecule has 0 saturated carbocycles. The fourth-order valence-electron chi connectivity index (χ4n) is 2.58. The van der Waals surface area contributed by atoms with Crippen LogP contribution in [0.4, 0.5) is 0 Å². The molecule has 0 spiro atoms. The quantitative estimate of drug-likeness (QED) is 0.861. The fourth-order valence-corrected chi connectivity index (χ4v) is 2.58. The summed E-state index contributed by atoms with van der Waals surface area (Å²) in [6.07, 6.45) is 5.63. The molecule has 2 heterocycles. The smallest absolute Gasteiger partial charge is 0.237 e. The third-order valence-electron chi connectivity index (χ3n) is 4.11. The van der Waals surface area contributed by atoms with E-state index in [1.807, 2.05) is 26.2 Å². The fraction of sp³-hybridized carbons (Fsp3) is 0.625. The molecule has 0 aromatic carbocycles. The molecule has 3 N–H and O–H groups in total. The topological polar surface area (TPSA) is 71.2 Å². The van der Waals surface area contributed by atoms with Crippen molar-refractivity contribution in [3.8, 4) is 0 Å². The summed E-state index contributed by atoms with van der Waals surface area (Å²) in [5.74, 6) is 0.161. The molecule has 5 nitrogen and oxygen atoms in total. The highest BCUT2D eigenvalue weighted by atomic mass is 35.5. The Balaban J connectivity index is 0.00000242. The third-order valence-corrected chi connectivity index (χ3v) is 4.11. The van der Waals surface area contributed by atoms with E-state index in [0.717, 1.165) is 32.5 Å². The summed E-state index contributed by atoms with van der Waals surface area (Å²) >= 11 is 0. The zero-order valence-electron chi connectivity index (χ0n) is 13.4. The van der Waals surface area contributed by atoms with Crippen molar-refractivity contribution in [3.05, 3.63) is 30.1 Å². The van der Waals surface area contributed by atoms with E-state index in [2.05, 4.69) is 27.3 Å². The Morgan fingerprint density at radius 3 is 2.50 bits per heavy atom. The monoisotopic (exact) mass is 326 g/mol. The van der Waals surface area contributed by atoms with E-state index in [-0.39, 0.29) is 30.3 Å². The van der Waals surface area contributed by atoms with Crippen LogP contribution in [0.25, 0.3) is 0 Å². The lowest BCUT2D eigenvalue weighted by Gasteiger charge is -2.33. The van der Waals surface area contributed by atoms with Crippen molar-refractivity contribution in [3.63, 3.8) is 0 Å². The van der Waals surface area contributed by atoms with Gasteiger partial charge in [-0.05, 0) is 36.5 Å². The van der Waals surface area contributed by atoms with Crippen molar-refractivity contribution in [2.75, 3.05) is 13.1 Å². The largest absolute Gasteiger partial charge is 0.352 e. The van der Waals surface area contributed by atoms with E-state index in [4.69, 9.17) is 5.73 Å². The van der Waals surface area contributed by atoms with Gasteiger partial charge >= 0.3 is 0 Å². The number of likely N-dealkylation sites (tertiary alicyclic amines) is 1. The van der Waals surface area contributed by atoms with E-state index >= 15 is 0 Å². The molecular weight excluding hydrogens is 300 g/mol. The Bertz CT molecular complexity index is 447. The van der Waals surface area contributed by atoms with Gasteiger partial charge in [-0.2, -0.15) is 0 Å². The SMILES string of the molecule is CC(C)[C@H](N)C(=O)NC1CCN(Cc2ccncc2)CC1.Cl. The van der Waals surface area contributed by atoms with Gasteiger partial charge in [0.25, 0.3) is 0 Å². The van der Waals surface area contributed by atoms with Gasteiger partial charge in [0, 0.05) is 38.1 Å². The number of nitrogens with zero attached hydrogens (tertiary/aromatic N) is 2. The predicted molar refractivity (Wildman–Crippen MR) is 90.7 cm³/mol. The molecular formula is C16H27ClN4O. The highest BCUT2D eigenvalue weighted by Gasteiger charge is 2.24. The minimum absolute atomic E-state index is 0. The van der Waals surface area contributed by atoms with Crippen LogP contribution >= 0.6 is 12.4 Å². The lowest BCUT2D eigenvalue weighted by molar-refractivity contribution is -0.124. The number of aromatic nitrogens is 1. The lowest BCUT2D eigenvalue weighted by Crippen LogP contribution is -2.51. The summed E-state index contributed by atoms with van der Waals surface area (Å²) in [6, 6.07) is 3.96. The minimum Gasteiger partial charge on any atom is -0.352 e. The number of hydrogen-bond donors (Lipinski definition) is 2. The first-order valence-electron chi connectivity index (χ1n) is 7.73. The van der Waals surface area contributed by atoms with Crippen molar-refractivity contribution in [1.82, 2.24) is 15.2 Å². The number of carbonyl (C=O) groups is 1. The summed E-state index contributed by atoms with van der Waals surface area (Å²) in [7, 11) is 0. The molecule has 0 radical (unpaired) electrons. The van der Waals surface area contributed by atoms with Crippen molar-refractivity contribution in [2.24, 2.45) is 11.7 Å². The summed E-state index contributed by atoms with van der Waals surface area (Å²) in [4.78, 5) is 18.4. The molecule has 0 bridgehead atoms. The van der Waals surface area contributed by atoms with Gasteiger partial charge < -0.3 is 11.1 Å². The van der Waals surface area contributed by atoms with E-state index in [1.165, 1.54) is 5.56 Å². The highest BCUT2D eigenvalue weighted by molar-refractivity contribution is 5.85. The van der Waals surface area contributed by atoms with Gasteiger partial charge in [-0.15, -0.1) is 12.4 Å². The number of carbonyl (C=O) groups excluding carboxylic acids is 1. The second-order valence-corrected chi connectivity index (χ2v) is 6.18. The van der Waals surface area contributed by atoms with Crippen molar-refractivity contribution >= 4 is 18.3 Å². The third kappa shape index (κ3) is 5.55. The van der Waals surface area contributed by atoms with Gasteiger partial charge in [0.1, 0.15) is 0 Å². The molecule has 2 rings (SSSR count). The average Bonchev–Trinajstić information content (AvgIpc) is 2.49. The Kier molecular flexibility index (Phi) is 7.79. The maximum Gasteiger partial charge on any atom is 0.237 e. The number of halogens is 1. The van der Waals surface area contributed by atoms with Crippen LogP contribution in [0.1, 0.15) is 32.3 Å². The molecule has 1 saturated heterocycles. The molecule has 124 valence electrons. The van der Waals surface area contributed by atoms with Crippen LogP contribution in [-0.4, -0.2) is 41.0 Å². The first-order chi connectivity index (χ1) is 10.1. The Morgan fingerprint density at radius 1 is 1.36 bits per heavy atom. The summed E-state index contributed by atoms with van der Waals surface area (Å²) in [5.41, 5.74) is 7.16. The molecule has 1 atom stereocenters. The molecule has 1 aliphatic heterocycles. The standard InChI is InChI=1S/C16H26N4O.ClH/c1-12(2)15(17)16(21)19-14-5-9-20(10-6-14)11-13-3-7-18-8-4-13;/h3-4,7-8,12,14-15H,5-6,9-11,17H2,1-2H3,(H,19,21);1H/t15-;/m0./s1. The molecule has 1 aliphatic rings. The molecule has 1 aromatic rings. The predicted octanol–water partition coefficient (Wildman–Crippen LogP) is 1.57. The van der Waals surface area contributed by atoms with E-state index in [0.29, 0.717) is 0 Å². The van der Waals surface area contributed by atoms with Crippen molar-refractivity contribution in [2.45, 2.75) is 45.3 Å². The molecule has 22 heavy (non-hydrogen) atoms. The molecule has 0 unspecified atom stereocenters. The van der Waals surface area contributed by atoms with E-state index in [9.17, 15) is 4.79 Å². The zero-order chi connectivity index (χ0) is 15.2. The number of nitrogens with two attached hydrogens (primary N) is 1. The van der Waals surface area contributed by atoms with Crippen molar-refractivity contribution < 1.29 is 4.79 Å². The van der Waals surface area contributed by atoms with Gasteiger partial charge in [0.2, 0.25) is 5.91 Å². The van der Waals surface area contributed by atoms with E-state index < -0.39 is 6.04 Å². The van der Waals surface area contributed by atoms with Crippen LogP contribution in [0.15, 0.2) is 24.5 Å². The first kappa shape index (κ1) is 18.9. The van der Waals surface area contributed by atoms with Gasteiger partial charge in [-0.3, -0.25) is 14.7 Å². The molecule has 1 amide bonds. The Hall–Kier alpha value is -1.17. The number of rotatable bonds is 5. The number of amides is 1. The molecule has 6 heteroatoms. The van der Waals surface area contributed by atoms with Crippen molar-refractivity contribution in [1.29, 1.82) is 0 Å². The number of pyridine rings is 1. The van der Waals surface area contributed by atoms with Crippen LogP contribution in [-0.2, 0) is 11.3 Å². The van der Waals surface area contributed by atoms with Gasteiger partial charge in [0.15, 0.2) is 0 Å². The molecule has 1 aromatic heterocycles. The maximum absolute atomic E-state index is 12.0. The van der Waals surface area contributed by atoms with Crippen LogP contribution in [0.3, 0.4) is 0 Å². The maximum atomic E-state index is 12.0. The van der Waals surface area contributed by atoms with E-state index in [1.54, 1.807) is 0 Å². The van der Waals surface area contributed by atoms with Gasteiger partial charge in [0.05, 0.1) is 6.04 Å². The zero-order valence-corrected chi connectivity index (χ0v) is 14.2. The summed E-state index contributed by atoms with van der Waals surface area (Å²) < 4.78 is 0. The molecule has 1 fully saturated rings. The van der Waals surface area contributed by atoms with Crippen LogP contribution in [0.2, 0.25) is 0 Å². The van der Waals surface area contributed by atoms with Crippen LogP contribution < -0.4 is 11.1 Å². The Labute approximate surface area is 139 Å². The highest BCUT2D eigenvalue weighted by Crippen LogP contribution is 2.14. The van der Waals surface area contributed by atoms with Gasteiger partial charge in [-0.1, -0.05) is 13.8 Å². The summed E-state index contributed by atoms with van der Waals surface area (Å²) in [6.45, 7) is 6.91. The van der Waals surface area contributed by atoms with Crippen LogP contribution in [0, 0.1) is 5.92 Å². The average molecular weight is 327 g/mol. The lowest BCUT2D eigenvalue weighted by atomic mass is 10.0. The number of hydrogen-bond acceptors (Lipinski definition) is 4. The number of piperidine rings is 1. The normalized spacial score (nSPS) is 17.8. The minimum atomic E-state index is -0.403. The molecule has 0 aliphatic carbocycles. The summed E-state index contributed by atoms with van der Waals surface area (Å²) in [5, 5.41) is 3.08. The Morgan fingerprint density at radius 2 is 1.95 bits per heavy atom. The van der Waals surface area contributed by atoms with Gasteiger partial charge in [-0.25, -0.2) is 0 Å². The second-order valence-electron chi connectivity index (χ2n) is 6.18. The second kappa shape index (κ2) is 9.08. The number of nitrogens with one attached hydrogen (secondary N) is 1. The van der Waals surface area contributed by atoms with Crippen LogP contribution in [0.5, 0.6) is 0 Å². The first-order valence-corrected chi connectivity index (χ1v) is 7.73.